The van der Waals surface area contributed by atoms with Crippen LogP contribution in [-0.4, -0.2) is 25.0 Å². The molecule has 4 nitrogen and oxygen atoms in total. The Morgan fingerprint density at radius 3 is 2.48 bits per heavy atom. The van der Waals surface area contributed by atoms with Gasteiger partial charge in [-0.25, -0.2) is 4.79 Å². The molecule has 2 unspecified atom stereocenters. The lowest BCUT2D eigenvalue weighted by atomic mass is 10.1. The van der Waals surface area contributed by atoms with Crippen LogP contribution in [0, 0.1) is 5.92 Å². The topological polar surface area (TPSA) is 52.6 Å². The smallest absolute Gasteiger partial charge is 0.330 e. The van der Waals surface area contributed by atoms with Gasteiger partial charge < -0.3 is 9.47 Å². The van der Waals surface area contributed by atoms with Gasteiger partial charge in [-0.2, -0.15) is 0 Å². The lowest BCUT2D eigenvalue weighted by Gasteiger charge is -2.07. The highest BCUT2D eigenvalue weighted by atomic mass is 16.6. The maximum atomic E-state index is 11.2. The molecule has 2 atom stereocenters. The van der Waals surface area contributed by atoms with Crippen molar-refractivity contribution in [2.45, 2.75) is 26.7 Å². The Morgan fingerprint density at radius 2 is 1.95 bits per heavy atom. The first-order chi connectivity index (χ1) is 9.61. The number of carbonyl (C=O) groups excluding carboxylic acids is 2. The average Bonchev–Trinajstić information content (AvgIpc) is 3.24. The van der Waals surface area contributed by atoms with E-state index in [9.17, 15) is 9.59 Å². The summed E-state index contributed by atoms with van der Waals surface area (Å²) in [5.74, 6) is 1.10. The summed E-state index contributed by atoms with van der Waals surface area (Å²) >= 11 is 0. The van der Waals surface area contributed by atoms with Crippen LogP contribution in [0.1, 0.15) is 32.3 Å². The monoisotopic (exact) mass is 290 g/mol. The summed E-state index contributed by atoms with van der Waals surface area (Å²) in [6.07, 6.45) is 2.07. The van der Waals surface area contributed by atoms with E-state index in [1.807, 2.05) is 24.3 Å². The third-order valence-electron chi connectivity index (χ3n) is 3.38. The van der Waals surface area contributed by atoms with E-state index in [0.29, 0.717) is 12.5 Å². The molecule has 4 heteroatoms. The van der Waals surface area contributed by atoms with Crippen LogP contribution in [0.15, 0.2) is 36.9 Å². The number of Topliss-reactive ketones (excluding diaryl/α,β-unsaturated/α-hetero) is 1. The van der Waals surface area contributed by atoms with Gasteiger partial charge in [-0.05, 0) is 37.0 Å². The van der Waals surface area contributed by atoms with E-state index in [1.54, 1.807) is 6.92 Å². The highest BCUT2D eigenvalue weighted by Gasteiger charge is 2.41. The van der Waals surface area contributed by atoms with E-state index in [0.717, 1.165) is 18.2 Å². The third kappa shape index (κ3) is 4.74. The molecule has 0 N–H and O–H groups in total. The van der Waals surface area contributed by atoms with Crippen LogP contribution < -0.4 is 4.74 Å². The predicted molar refractivity (Wildman–Crippen MR) is 81.4 cm³/mol. The number of rotatable bonds is 7. The molecule has 0 aromatic heterocycles. The molecular formula is C17H22O4. The second-order valence-corrected chi connectivity index (χ2v) is 4.85. The van der Waals surface area contributed by atoms with Gasteiger partial charge in [-0.15, -0.1) is 0 Å². The molecule has 114 valence electrons. The van der Waals surface area contributed by atoms with Crippen molar-refractivity contribution < 1.29 is 19.1 Å². The molecule has 1 aromatic rings. The molecule has 1 aliphatic carbocycles. The molecular weight excluding hydrogens is 268 g/mol. The quantitative estimate of drug-likeness (QED) is 0.440. The van der Waals surface area contributed by atoms with Gasteiger partial charge in [-0.3, -0.25) is 4.79 Å². The molecule has 1 saturated carbocycles. The first kappa shape index (κ1) is 17.0. The summed E-state index contributed by atoms with van der Waals surface area (Å²) in [6, 6.07) is 7.72. The minimum atomic E-state index is -0.451. The van der Waals surface area contributed by atoms with Crippen LogP contribution in [0.4, 0.5) is 0 Å². The summed E-state index contributed by atoms with van der Waals surface area (Å²) in [7, 11) is 0. The fraction of sp³-hybridized carbons (Fsp3) is 0.412. The summed E-state index contributed by atoms with van der Waals surface area (Å²) in [4.78, 5) is 22.0. The standard InChI is InChI=1S/C16H18O4.CH4/c1-3-16(18)20-9-8-19-13-6-4-12(5-7-13)15-10-14(15)11(2)17;/h3-7,14-15H,1,8-10H2,2H3;1H4. The molecule has 0 radical (unpaired) electrons. The van der Waals surface area contributed by atoms with Crippen LogP contribution in [0.25, 0.3) is 0 Å². The minimum absolute atomic E-state index is 0. The van der Waals surface area contributed by atoms with Crippen molar-refractivity contribution in [2.75, 3.05) is 13.2 Å². The Kier molecular flexibility index (Phi) is 6.15. The third-order valence-corrected chi connectivity index (χ3v) is 3.38. The summed E-state index contributed by atoms with van der Waals surface area (Å²) < 4.78 is 10.3. The van der Waals surface area contributed by atoms with Crippen LogP contribution in [-0.2, 0) is 14.3 Å². The first-order valence-electron chi connectivity index (χ1n) is 6.64. The number of hydrogen-bond acceptors (Lipinski definition) is 4. The maximum Gasteiger partial charge on any atom is 0.330 e. The molecule has 0 heterocycles. The van der Waals surface area contributed by atoms with Crippen molar-refractivity contribution in [1.29, 1.82) is 0 Å². The van der Waals surface area contributed by atoms with Crippen LogP contribution in [0.2, 0.25) is 0 Å². The number of ketones is 1. The van der Waals surface area contributed by atoms with E-state index in [-0.39, 0.29) is 25.7 Å². The van der Waals surface area contributed by atoms with Crippen LogP contribution >= 0.6 is 0 Å². The molecule has 0 bridgehead atoms. The fourth-order valence-corrected chi connectivity index (χ4v) is 2.18. The van der Waals surface area contributed by atoms with E-state index in [4.69, 9.17) is 9.47 Å². The SMILES string of the molecule is C.C=CC(=O)OCCOc1ccc(C2CC2C(C)=O)cc1. The van der Waals surface area contributed by atoms with E-state index < -0.39 is 5.97 Å². The van der Waals surface area contributed by atoms with Crippen molar-refractivity contribution in [1.82, 2.24) is 0 Å². The van der Waals surface area contributed by atoms with Gasteiger partial charge in [0.2, 0.25) is 0 Å². The second-order valence-electron chi connectivity index (χ2n) is 4.85. The zero-order valence-electron chi connectivity index (χ0n) is 11.5. The number of ether oxygens (including phenoxy) is 2. The van der Waals surface area contributed by atoms with Gasteiger partial charge in [0, 0.05) is 12.0 Å². The Labute approximate surface area is 125 Å². The highest BCUT2D eigenvalue weighted by Crippen LogP contribution is 2.48. The number of hydrogen-bond donors (Lipinski definition) is 0. The summed E-state index contributed by atoms with van der Waals surface area (Å²) in [5.41, 5.74) is 1.18. The van der Waals surface area contributed by atoms with Crippen molar-refractivity contribution in [3.63, 3.8) is 0 Å². The van der Waals surface area contributed by atoms with Crippen molar-refractivity contribution in [3.8, 4) is 5.75 Å². The highest BCUT2D eigenvalue weighted by molar-refractivity contribution is 5.82. The lowest BCUT2D eigenvalue weighted by Crippen LogP contribution is -2.10. The Bertz CT molecular complexity index is 504. The van der Waals surface area contributed by atoms with E-state index in [2.05, 4.69) is 6.58 Å². The van der Waals surface area contributed by atoms with Crippen LogP contribution in [0.5, 0.6) is 5.75 Å². The van der Waals surface area contributed by atoms with Crippen LogP contribution in [0.3, 0.4) is 0 Å². The van der Waals surface area contributed by atoms with Crippen molar-refractivity contribution in [2.24, 2.45) is 5.92 Å². The molecule has 2 rings (SSSR count). The van der Waals surface area contributed by atoms with Gasteiger partial charge in [0.05, 0.1) is 0 Å². The Balaban J connectivity index is 0.00000220. The minimum Gasteiger partial charge on any atom is -0.490 e. The van der Waals surface area contributed by atoms with Gasteiger partial charge in [0.15, 0.2) is 0 Å². The van der Waals surface area contributed by atoms with E-state index in [1.165, 1.54) is 5.56 Å². The predicted octanol–water partition coefficient (Wildman–Crippen LogP) is 3.12. The number of benzene rings is 1. The molecule has 0 amide bonds. The first-order valence-corrected chi connectivity index (χ1v) is 6.64. The van der Waals surface area contributed by atoms with Crippen molar-refractivity contribution >= 4 is 11.8 Å². The van der Waals surface area contributed by atoms with Gasteiger partial charge in [0.1, 0.15) is 24.7 Å². The Morgan fingerprint density at radius 1 is 1.29 bits per heavy atom. The van der Waals surface area contributed by atoms with E-state index >= 15 is 0 Å². The fourth-order valence-electron chi connectivity index (χ4n) is 2.18. The molecule has 1 fully saturated rings. The summed E-state index contributed by atoms with van der Waals surface area (Å²) in [6.45, 7) is 5.45. The molecule has 0 spiro atoms. The molecule has 1 aliphatic rings. The molecule has 1 aromatic carbocycles. The largest absolute Gasteiger partial charge is 0.490 e. The molecule has 0 aliphatic heterocycles. The maximum absolute atomic E-state index is 11.2. The van der Waals surface area contributed by atoms with Gasteiger partial charge >= 0.3 is 5.97 Å². The zero-order valence-corrected chi connectivity index (χ0v) is 11.5. The van der Waals surface area contributed by atoms with Gasteiger partial charge in [0.25, 0.3) is 0 Å². The second kappa shape index (κ2) is 7.62. The zero-order chi connectivity index (χ0) is 14.5. The molecule has 0 saturated heterocycles. The summed E-state index contributed by atoms with van der Waals surface area (Å²) in [5, 5.41) is 0. The van der Waals surface area contributed by atoms with Gasteiger partial charge in [-0.1, -0.05) is 26.1 Å². The normalized spacial score (nSPS) is 19.1. The number of carbonyl (C=O) groups is 2. The van der Waals surface area contributed by atoms with Crippen molar-refractivity contribution in [3.05, 3.63) is 42.5 Å². The molecule has 21 heavy (non-hydrogen) atoms. The number of esters is 1. The average molecular weight is 290 g/mol. The Hall–Kier alpha value is -2.10. The lowest BCUT2D eigenvalue weighted by molar-refractivity contribution is -0.138.